The average molecular weight is 264 g/mol. The number of hydrogen-bond donors (Lipinski definition) is 1. The number of rotatable bonds is 4. The molecule has 1 aliphatic heterocycles. The number of aliphatic hydroxyl groups excluding tert-OH is 1. The van der Waals surface area contributed by atoms with Gasteiger partial charge in [-0.2, -0.15) is 0 Å². The van der Waals surface area contributed by atoms with Crippen LogP contribution in [0.3, 0.4) is 0 Å². The van der Waals surface area contributed by atoms with Crippen LogP contribution in [0, 0.1) is 5.92 Å². The highest BCUT2D eigenvalue weighted by Crippen LogP contribution is 2.23. The highest BCUT2D eigenvalue weighted by Gasteiger charge is 2.32. The minimum absolute atomic E-state index is 0.00468. The summed E-state index contributed by atoms with van der Waals surface area (Å²) in [4.78, 5) is 13.6. The van der Waals surface area contributed by atoms with Crippen molar-refractivity contribution in [2.75, 3.05) is 13.2 Å². The van der Waals surface area contributed by atoms with Crippen LogP contribution in [0.5, 0.6) is 0 Å². The highest BCUT2D eigenvalue weighted by atomic mass is 79.9. The lowest BCUT2D eigenvalue weighted by Gasteiger charge is -2.27. The van der Waals surface area contributed by atoms with Crippen LogP contribution in [0.1, 0.15) is 26.7 Å². The minimum Gasteiger partial charge on any atom is -0.394 e. The molecule has 0 bridgehead atoms. The van der Waals surface area contributed by atoms with Gasteiger partial charge >= 0.3 is 0 Å². The van der Waals surface area contributed by atoms with Gasteiger partial charge in [-0.3, -0.25) is 4.79 Å². The van der Waals surface area contributed by atoms with Gasteiger partial charge in [0.15, 0.2) is 0 Å². The first-order valence-corrected chi connectivity index (χ1v) is 6.00. The van der Waals surface area contributed by atoms with Gasteiger partial charge in [0.05, 0.1) is 12.6 Å². The summed E-state index contributed by atoms with van der Waals surface area (Å²) in [7, 11) is 0. The van der Waals surface area contributed by atoms with E-state index in [2.05, 4.69) is 29.8 Å². The zero-order valence-corrected chi connectivity index (χ0v) is 10.3. The molecule has 0 aliphatic carbocycles. The Morgan fingerprint density at radius 3 is 2.64 bits per heavy atom. The van der Waals surface area contributed by atoms with E-state index in [1.165, 1.54) is 0 Å². The van der Waals surface area contributed by atoms with E-state index in [9.17, 15) is 9.90 Å². The second kappa shape index (κ2) is 5.12. The quantitative estimate of drug-likeness (QED) is 0.779. The van der Waals surface area contributed by atoms with Gasteiger partial charge in [-0.1, -0.05) is 29.8 Å². The molecular weight excluding hydrogens is 246 g/mol. The molecular formula is C10H18BrNO2. The molecule has 0 aromatic heterocycles. The Labute approximate surface area is 93.6 Å². The molecule has 1 aliphatic rings. The van der Waals surface area contributed by atoms with Gasteiger partial charge in [-0.05, 0) is 12.3 Å². The molecule has 1 unspecified atom stereocenters. The first-order valence-electron chi connectivity index (χ1n) is 5.09. The fourth-order valence-electron chi connectivity index (χ4n) is 1.88. The number of carbonyl (C=O) groups is 1. The summed E-state index contributed by atoms with van der Waals surface area (Å²) in [5, 5.41) is 9.23. The predicted molar refractivity (Wildman–Crippen MR) is 59.4 cm³/mol. The third-order valence-corrected chi connectivity index (χ3v) is 3.12. The lowest BCUT2D eigenvalue weighted by atomic mass is 10.0. The number of likely N-dealkylation sites (tertiary alicyclic amines) is 1. The number of hydrogen-bond acceptors (Lipinski definition) is 2. The predicted octanol–water partition coefficient (Wildman–Crippen LogP) is 1.39. The van der Waals surface area contributed by atoms with Gasteiger partial charge in [0.1, 0.15) is 0 Å². The van der Waals surface area contributed by atoms with Crippen molar-refractivity contribution in [2.24, 2.45) is 5.92 Å². The van der Waals surface area contributed by atoms with Crippen LogP contribution in [0.4, 0.5) is 0 Å². The van der Waals surface area contributed by atoms with E-state index in [-0.39, 0.29) is 23.4 Å². The molecule has 2 atom stereocenters. The van der Waals surface area contributed by atoms with E-state index in [1.54, 1.807) is 4.90 Å². The molecule has 0 aromatic carbocycles. The fraction of sp³-hybridized carbons (Fsp3) is 0.900. The smallest absolute Gasteiger partial charge is 0.224 e. The van der Waals surface area contributed by atoms with Crippen molar-refractivity contribution >= 4 is 21.8 Å². The Morgan fingerprint density at radius 1 is 1.64 bits per heavy atom. The van der Waals surface area contributed by atoms with Gasteiger partial charge in [0.25, 0.3) is 0 Å². The van der Waals surface area contributed by atoms with Crippen molar-refractivity contribution in [1.29, 1.82) is 0 Å². The molecule has 0 radical (unpaired) electrons. The molecule has 1 N–H and O–H groups in total. The molecule has 3 nitrogen and oxygen atoms in total. The molecule has 82 valence electrons. The van der Waals surface area contributed by atoms with Gasteiger partial charge < -0.3 is 10.0 Å². The largest absolute Gasteiger partial charge is 0.394 e. The number of halogens is 1. The van der Waals surface area contributed by atoms with E-state index in [0.29, 0.717) is 12.3 Å². The maximum atomic E-state index is 11.6. The van der Waals surface area contributed by atoms with E-state index in [1.807, 2.05) is 0 Å². The van der Waals surface area contributed by atoms with Crippen molar-refractivity contribution in [1.82, 2.24) is 4.90 Å². The lowest BCUT2D eigenvalue weighted by Crippen LogP contribution is -2.40. The van der Waals surface area contributed by atoms with Crippen LogP contribution in [-0.4, -0.2) is 39.9 Å². The van der Waals surface area contributed by atoms with E-state index >= 15 is 0 Å². The molecule has 1 amide bonds. The van der Waals surface area contributed by atoms with E-state index in [4.69, 9.17) is 0 Å². The normalized spacial score (nSPS) is 24.8. The fourth-order valence-corrected chi connectivity index (χ4v) is 2.47. The Bertz CT molecular complexity index is 208. The number of carbonyl (C=O) groups excluding carboxylic acids is 1. The third kappa shape index (κ3) is 2.95. The summed E-state index contributed by atoms with van der Waals surface area (Å²) in [5.74, 6) is 0.668. The molecule has 1 heterocycles. The van der Waals surface area contributed by atoms with Crippen LogP contribution in [0.2, 0.25) is 0 Å². The summed E-state index contributed by atoms with van der Waals surface area (Å²) < 4.78 is 0. The Kier molecular flexibility index (Phi) is 4.38. The van der Waals surface area contributed by atoms with E-state index in [0.717, 1.165) is 13.0 Å². The van der Waals surface area contributed by atoms with Gasteiger partial charge in [0.2, 0.25) is 5.91 Å². The Balaban J connectivity index is 2.56. The monoisotopic (exact) mass is 263 g/mol. The average Bonchev–Trinajstić information content (AvgIpc) is 2.41. The minimum atomic E-state index is 0.00468. The Morgan fingerprint density at radius 2 is 2.29 bits per heavy atom. The maximum absolute atomic E-state index is 11.6. The summed E-state index contributed by atoms with van der Waals surface area (Å²) in [6, 6.07) is 0.00468. The summed E-state index contributed by atoms with van der Waals surface area (Å²) in [6.45, 7) is 5.02. The molecule has 0 saturated carbocycles. The molecule has 0 spiro atoms. The standard InChI is InChI=1S/C10H18BrNO2/c1-7(2)3-9(6-13)12-5-8(11)4-10(12)14/h7-9,13H,3-6H2,1-2H3/t8?,9-/m0/s1. The first-order chi connectivity index (χ1) is 6.54. The topological polar surface area (TPSA) is 40.5 Å². The second-order valence-corrected chi connectivity index (χ2v) is 5.61. The van der Waals surface area contributed by atoms with Gasteiger partial charge in [-0.15, -0.1) is 0 Å². The molecule has 4 heteroatoms. The highest BCUT2D eigenvalue weighted by molar-refractivity contribution is 9.09. The number of alkyl halides is 1. The molecule has 1 fully saturated rings. The van der Waals surface area contributed by atoms with E-state index < -0.39 is 0 Å². The zero-order chi connectivity index (χ0) is 10.7. The molecule has 1 rings (SSSR count). The van der Waals surface area contributed by atoms with Crippen LogP contribution in [-0.2, 0) is 4.79 Å². The van der Waals surface area contributed by atoms with Crippen molar-refractivity contribution in [3.8, 4) is 0 Å². The van der Waals surface area contributed by atoms with Gasteiger partial charge in [-0.25, -0.2) is 0 Å². The number of aliphatic hydroxyl groups is 1. The third-order valence-electron chi connectivity index (χ3n) is 2.51. The summed E-state index contributed by atoms with van der Waals surface area (Å²) >= 11 is 3.44. The zero-order valence-electron chi connectivity index (χ0n) is 8.74. The van der Waals surface area contributed by atoms with Crippen molar-refractivity contribution in [2.45, 2.75) is 37.6 Å². The molecule has 14 heavy (non-hydrogen) atoms. The molecule has 1 saturated heterocycles. The molecule has 0 aromatic rings. The summed E-state index contributed by atoms with van der Waals surface area (Å²) in [5.41, 5.74) is 0. The van der Waals surface area contributed by atoms with Crippen LogP contribution in [0.25, 0.3) is 0 Å². The first kappa shape index (κ1) is 12.0. The van der Waals surface area contributed by atoms with Crippen molar-refractivity contribution in [3.05, 3.63) is 0 Å². The SMILES string of the molecule is CC(C)C[C@@H](CO)N1CC(Br)CC1=O. The second-order valence-electron chi connectivity index (χ2n) is 4.31. The van der Waals surface area contributed by atoms with Crippen LogP contribution in [0.15, 0.2) is 0 Å². The van der Waals surface area contributed by atoms with Crippen LogP contribution >= 0.6 is 15.9 Å². The number of amides is 1. The van der Waals surface area contributed by atoms with Crippen LogP contribution < -0.4 is 0 Å². The number of nitrogens with zero attached hydrogens (tertiary/aromatic N) is 1. The van der Waals surface area contributed by atoms with Crippen molar-refractivity contribution < 1.29 is 9.90 Å². The maximum Gasteiger partial charge on any atom is 0.224 e. The summed E-state index contributed by atoms with van der Waals surface area (Å²) in [6.07, 6.45) is 1.44. The Hall–Kier alpha value is -0.0900. The lowest BCUT2D eigenvalue weighted by molar-refractivity contribution is -0.130. The van der Waals surface area contributed by atoms with Crippen molar-refractivity contribution in [3.63, 3.8) is 0 Å². The van der Waals surface area contributed by atoms with Gasteiger partial charge in [0, 0.05) is 17.8 Å².